The Labute approximate surface area is 106 Å². The summed E-state index contributed by atoms with van der Waals surface area (Å²) in [5.41, 5.74) is 8.23. The zero-order valence-corrected chi connectivity index (χ0v) is 10.3. The summed E-state index contributed by atoms with van der Waals surface area (Å²) < 4.78 is 5.70. The van der Waals surface area contributed by atoms with E-state index in [-0.39, 0.29) is 0 Å². The van der Waals surface area contributed by atoms with Gasteiger partial charge in [0.2, 0.25) is 0 Å². The summed E-state index contributed by atoms with van der Waals surface area (Å²) >= 11 is 0. The molecule has 2 rings (SSSR count). The third-order valence-electron chi connectivity index (χ3n) is 2.49. The number of aromatic nitrogens is 1. The summed E-state index contributed by atoms with van der Waals surface area (Å²) in [6.45, 7) is 3.65. The van der Waals surface area contributed by atoms with Crippen molar-refractivity contribution in [3.8, 4) is 17.6 Å². The van der Waals surface area contributed by atoms with E-state index in [1.54, 1.807) is 37.3 Å². The van der Waals surface area contributed by atoms with Crippen molar-refractivity contribution in [2.75, 3.05) is 5.73 Å². The van der Waals surface area contributed by atoms with Crippen LogP contribution in [0.4, 0.5) is 5.69 Å². The number of benzene rings is 1. The van der Waals surface area contributed by atoms with Crippen LogP contribution in [0.25, 0.3) is 0 Å². The maximum atomic E-state index is 9.13. The number of nitriles is 1. The first kappa shape index (κ1) is 11.9. The van der Waals surface area contributed by atoms with Crippen LogP contribution in [0.5, 0.6) is 11.5 Å². The maximum Gasteiger partial charge on any atom is 0.148 e. The molecule has 2 aromatic rings. The highest BCUT2D eigenvalue weighted by atomic mass is 16.5. The van der Waals surface area contributed by atoms with Crippen LogP contribution in [0, 0.1) is 25.2 Å². The first-order chi connectivity index (χ1) is 8.60. The summed E-state index contributed by atoms with van der Waals surface area (Å²) in [7, 11) is 0. The van der Waals surface area contributed by atoms with Gasteiger partial charge in [-0.2, -0.15) is 5.26 Å². The number of nitrogens with zero attached hydrogens (tertiary/aromatic N) is 2. The zero-order valence-electron chi connectivity index (χ0n) is 10.3. The molecule has 0 spiro atoms. The Morgan fingerprint density at radius 2 is 2.06 bits per heavy atom. The van der Waals surface area contributed by atoms with Crippen LogP contribution in [0.1, 0.15) is 17.0 Å². The lowest BCUT2D eigenvalue weighted by Gasteiger charge is -2.10. The standard InChI is InChI=1S/C14H13N3O/c1-9-6-14(13(8-15)10(2)17-9)18-12-5-3-4-11(16)7-12/h3-7H,16H2,1-2H3. The fourth-order valence-electron chi connectivity index (χ4n) is 1.71. The first-order valence-corrected chi connectivity index (χ1v) is 5.52. The van der Waals surface area contributed by atoms with Crippen LogP contribution in [0.15, 0.2) is 30.3 Å². The topological polar surface area (TPSA) is 71.9 Å². The second kappa shape index (κ2) is 4.76. The highest BCUT2D eigenvalue weighted by Gasteiger charge is 2.10. The highest BCUT2D eigenvalue weighted by molar-refractivity contribution is 5.50. The maximum absolute atomic E-state index is 9.13. The van der Waals surface area contributed by atoms with Crippen molar-refractivity contribution in [1.82, 2.24) is 4.98 Å². The van der Waals surface area contributed by atoms with Crippen LogP contribution in [-0.2, 0) is 0 Å². The Morgan fingerprint density at radius 1 is 1.28 bits per heavy atom. The first-order valence-electron chi connectivity index (χ1n) is 5.52. The number of nitrogens with two attached hydrogens (primary N) is 1. The molecular formula is C14H13N3O. The van der Waals surface area contributed by atoms with Gasteiger partial charge in [-0.15, -0.1) is 0 Å². The number of aryl methyl sites for hydroxylation is 2. The monoisotopic (exact) mass is 239 g/mol. The average molecular weight is 239 g/mol. The third-order valence-corrected chi connectivity index (χ3v) is 2.49. The van der Waals surface area contributed by atoms with Crippen LogP contribution < -0.4 is 10.5 Å². The third kappa shape index (κ3) is 2.41. The van der Waals surface area contributed by atoms with Gasteiger partial charge in [-0.25, -0.2) is 0 Å². The highest BCUT2D eigenvalue weighted by Crippen LogP contribution is 2.28. The van der Waals surface area contributed by atoms with Gasteiger partial charge in [0, 0.05) is 23.5 Å². The van der Waals surface area contributed by atoms with Gasteiger partial charge in [0.25, 0.3) is 0 Å². The van der Waals surface area contributed by atoms with Crippen LogP contribution >= 0.6 is 0 Å². The minimum atomic E-state index is 0.447. The Hall–Kier alpha value is -2.54. The number of nitrogen functional groups attached to an aromatic ring is 1. The molecule has 0 atom stereocenters. The van der Waals surface area contributed by atoms with E-state index >= 15 is 0 Å². The summed E-state index contributed by atoms with van der Waals surface area (Å²) in [4.78, 5) is 4.24. The Balaban J connectivity index is 2.43. The van der Waals surface area contributed by atoms with Gasteiger partial charge in [0.15, 0.2) is 0 Å². The van der Waals surface area contributed by atoms with Crippen molar-refractivity contribution in [1.29, 1.82) is 5.26 Å². The molecular weight excluding hydrogens is 226 g/mol. The van der Waals surface area contributed by atoms with E-state index in [1.807, 2.05) is 6.92 Å². The predicted molar refractivity (Wildman–Crippen MR) is 69.4 cm³/mol. The zero-order chi connectivity index (χ0) is 13.1. The molecule has 1 aromatic carbocycles. The van der Waals surface area contributed by atoms with Gasteiger partial charge in [-0.1, -0.05) is 6.07 Å². The number of hydrogen-bond acceptors (Lipinski definition) is 4. The number of rotatable bonds is 2. The van der Waals surface area contributed by atoms with Crippen molar-refractivity contribution < 1.29 is 4.74 Å². The molecule has 4 nitrogen and oxygen atoms in total. The smallest absolute Gasteiger partial charge is 0.148 e. The lowest BCUT2D eigenvalue weighted by molar-refractivity contribution is 0.479. The van der Waals surface area contributed by atoms with E-state index in [0.29, 0.717) is 28.4 Å². The van der Waals surface area contributed by atoms with E-state index in [4.69, 9.17) is 15.7 Å². The molecule has 0 saturated carbocycles. The second-order valence-electron chi connectivity index (χ2n) is 4.01. The number of hydrogen-bond donors (Lipinski definition) is 1. The van der Waals surface area contributed by atoms with Crippen molar-refractivity contribution in [2.45, 2.75) is 13.8 Å². The average Bonchev–Trinajstić information content (AvgIpc) is 2.28. The van der Waals surface area contributed by atoms with Gasteiger partial charge < -0.3 is 10.5 Å². The lowest BCUT2D eigenvalue weighted by Crippen LogP contribution is -1.96. The lowest BCUT2D eigenvalue weighted by atomic mass is 10.2. The fourth-order valence-corrected chi connectivity index (χ4v) is 1.71. The normalized spacial score (nSPS) is 9.83. The molecule has 0 unspecified atom stereocenters. The molecule has 18 heavy (non-hydrogen) atoms. The number of ether oxygens (including phenoxy) is 1. The van der Waals surface area contributed by atoms with Gasteiger partial charge in [-0.05, 0) is 26.0 Å². The minimum Gasteiger partial charge on any atom is -0.456 e. The summed E-state index contributed by atoms with van der Waals surface area (Å²) in [6, 6.07) is 10.9. The molecule has 0 aliphatic carbocycles. The molecule has 1 aromatic heterocycles. The number of anilines is 1. The van der Waals surface area contributed by atoms with Crippen LogP contribution in [-0.4, -0.2) is 4.98 Å². The Kier molecular flexibility index (Phi) is 3.16. The fraction of sp³-hybridized carbons (Fsp3) is 0.143. The van der Waals surface area contributed by atoms with Gasteiger partial charge in [0.1, 0.15) is 23.1 Å². The molecule has 90 valence electrons. The molecule has 4 heteroatoms. The molecule has 0 radical (unpaired) electrons. The van der Waals surface area contributed by atoms with Gasteiger partial charge >= 0.3 is 0 Å². The number of pyridine rings is 1. The van der Waals surface area contributed by atoms with E-state index < -0.39 is 0 Å². The quantitative estimate of drug-likeness (QED) is 0.818. The van der Waals surface area contributed by atoms with Crippen molar-refractivity contribution in [3.05, 3.63) is 47.3 Å². The largest absolute Gasteiger partial charge is 0.456 e. The predicted octanol–water partition coefficient (Wildman–Crippen LogP) is 2.94. The van der Waals surface area contributed by atoms with E-state index in [9.17, 15) is 0 Å². The summed E-state index contributed by atoms with van der Waals surface area (Å²) in [5, 5.41) is 9.13. The molecule has 0 saturated heterocycles. The molecule has 0 bridgehead atoms. The van der Waals surface area contributed by atoms with Crippen LogP contribution in [0.2, 0.25) is 0 Å². The van der Waals surface area contributed by atoms with Crippen molar-refractivity contribution in [3.63, 3.8) is 0 Å². The Morgan fingerprint density at radius 3 is 2.72 bits per heavy atom. The Bertz CT molecular complexity index is 629. The molecule has 1 heterocycles. The summed E-state index contributed by atoms with van der Waals surface area (Å²) in [6.07, 6.45) is 0. The van der Waals surface area contributed by atoms with E-state index in [2.05, 4.69) is 11.1 Å². The van der Waals surface area contributed by atoms with Gasteiger partial charge in [-0.3, -0.25) is 4.98 Å². The SMILES string of the molecule is Cc1cc(Oc2cccc(N)c2)c(C#N)c(C)n1. The molecule has 0 aliphatic rings. The van der Waals surface area contributed by atoms with E-state index in [1.165, 1.54) is 0 Å². The minimum absolute atomic E-state index is 0.447. The molecule has 0 fully saturated rings. The van der Waals surface area contributed by atoms with Gasteiger partial charge in [0.05, 0.1) is 5.69 Å². The molecule has 0 amide bonds. The van der Waals surface area contributed by atoms with Crippen molar-refractivity contribution in [2.24, 2.45) is 0 Å². The second-order valence-corrected chi connectivity index (χ2v) is 4.01. The molecule has 0 aliphatic heterocycles. The van der Waals surface area contributed by atoms with Crippen LogP contribution in [0.3, 0.4) is 0 Å². The molecule has 2 N–H and O–H groups in total. The van der Waals surface area contributed by atoms with E-state index in [0.717, 1.165) is 5.69 Å². The summed E-state index contributed by atoms with van der Waals surface area (Å²) in [5.74, 6) is 1.12. The van der Waals surface area contributed by atoms with Crippen molar-refractivity contribution >= 4 is 5.69 Å².